The second-order valence-corrected chi connectivity index (χ2v) is 4.06. The van der Waals surface area contributed by atoms with Gasteiger partial charge in [0.2, 0.25) is 0 Å². The molecule has 0 aliphatic carbocycles. The molecule has 0 spiro atoms. The summed E-state index contributed by atoms with van der Waals surface area (Å²) in [5.74, 6) is -0.234. The molecule has 0 fully saturated rings. The molecule has 74 valence electrons. The van der Waals surface area contributed by atoms with E-state index in [9.17, 15) is 4.39 Å². The number of aliphatic hydroxyl groups excluding tert-OH is 1. The van der Waals surface area contributed by atoms with E-state index >= 15 is 0 Å². The Hall–Kier alpha value is -0.930. The summed E-state index contributed by atoms with van der Waals surface area (Å²) >= 11 is 1.50. The van der Waals surface area contributed by atoms with E-state index in [0.29, 0.717) is 10.9 Å². The van der Waals surface area contributed by atoms with Gasteiger partial charge in [0.05, 0.1) is 6.61 Å². The topological polar surface area (TPSA) is 20.2 Å². The summed E-state index contributed by atoms with van der Waals surface area (Å²) in [4.78, 5) is 0. The third-order valence-corrected chi connectivity index (χ3v) is 3.48. The molecule has 1 aromatic carbocycles. The average Bonchev–Trinajstić information content (AvgIpc) is 2.63. The number of halogens is 1. The summed E-state index contributed by atoms with van der Waals surface area (Å²) in [7, 11) is 0. The number of thiophene rings is 1. The summed E-state index contributed by atoms with van der Waals surface area (Å²) in [6, 6.07) is 3.29. The van der Waals surface area contributed by atoms with Crippen molar-refractivity contribution in [2.24, 2.45) is 0 Å². The van der Waals surface area contributed by atoms with Crippen molar-refractivity contribution in [3.8, 4) is 0 Å². The van der Waals surface area contributed by atoms with Crippen molar-refractivity contribution >= 4 is 21.4 Å². The van der Waals surface area contributed by atoms with Gasteiger partial charge in [-0.05, 0) is 29.0 Å². The molecule has 14 heavy (non-hydrogen) atoms. The molecule has 0 amide bonds. The number of rotatable bonds is 2. The number of benzene rings is 1. The Morgan fingerprint density at radius 2 is 2.14 bits per heavy atom. The van der Waals surface area contributed by atoms with Crippen molar-refractivity contribution < 1.29 is 9.50 Å². The van der Waals surface area contributed by atoms with Gasteiger partial charge in [0.15, 0.2) is 0 Å². The highest BCUT2D eigenvalue weighted by Gasteiger charge is 2.10. The lowest BCUT2D eigenvalue weighted by Crippen LogP contribution is -1.86. The molecular weight excluding hydrogens is 199 g/mol. The molecule has 1 N–H and O–H groups in total. The maximum absolute atomic E-state index is 13.5. The number of fused-ring (bicyclic) bond motifs is 1. The zero-order valence-corrected chi connectivity index (χ0v) is 8.70. The fourth-order valence-electron chi connectivity index (χ4n) is 1.62. The molecule has 3 heteroatoms. The Bertz CT molecular complexity index is 462. The molecule has 1 aromatic heterocycles. The second kappa shape index (κ2) is 3.67. The van der Waals surface area contributed by atoms with Gasteiger partial charge in [-0.3, -0.25) is 0 Å². The minimum Gasteiger partial charge on any atom is -0.392 e. The van der Waals surface area contributed by atoms with E-state index in [1.54, 1.807) is 0 Å². The van der Waals surface area contributed by atoms with Gasteiger partial charge >= 0.3 is 0 Å². The van der Waals surface area contributed by atoms with Gasteiger partial charge in [-0.1, -0.05) is 13.0 Å². The first-order valence-corrected chi connectivity index (χ1v) is 5.44. The summed E-state index contributed by atoms with van der Waals surface area (Å²) in [6.07, 6.45) is 0.891. The Morgan fingerprint density at radius 1 is 1.36 bits per heavy atom. The largest absolute Gasteiger partial charge is 0.392 e. The zero-order chi connectivity index (χ0) is 10.1. The van der Waals surface area contributed by atoms with Crippen LogP contribution in [0.25, 0.3) is 10.1 Å². The number of hydrogen-bond acceptors (Lipinski definition) is 2. The SMILES string of the molecule is CCc1ccc(F)c2c(CO)csc12. The van der Waals surface area contributed by atoms with E-state index in [4.69, 9.17) is 5.11 Å². The number of aliphatic hydroxyl groups is 1. The van der Waals surface area contributed by atoms with Crippen molar-refractivity contribution in [2.75, 3.05) is 0 Å². The van der Waals surface area contributed by atoms with Gasteiger partial charge < -0.3 is 5.11 Å². The Morgan fingerprint density at radius 3 is 2.79 bits per heavy atom. The zero-order valence-electron chi connectivity index (χ0n) is 7.88. The van der Waals surface area contributed by atoms with Crippen molar-refractivity contribution in [1.82, 2.24) is 0 Å². The van der Waals surface area contributed by atoms with Crippen LogP contribution in [-0.2, 0) is 13.0 Å². The van der Waals surface area contributed by atoms with Gasteiger partial charge in [0.25, 0.3) is 0 Å². The fourth-order valence-corrected chi connectivity index (χ4v) is 2.78. The van der Waals surface area contributed by atoms with Crippen molar-refractivity contribution in [3.63, 3.8) is 0 Å². The molecule has 2 aromatic rings. The van der Waals surface area contributed by atoms with Gasteiger partial charge in [-0.2, -0.15) is 0 Å². The average molecular weight is 210 g/mol. The lowest BCUT2D eigenvalue weighted by Gasteiger charge is -2.01. The van der Waals surface area contributed by atoms with Crippen LogP contribution in [0.2, 0.25) is 0 Å². The normalized spacial score (nSPS) is 11.1. The molecule has 0 atom stereocenters. The van der Waals surface area contributed by atoms with Crippen LogP contribution >= 0.6 is 11.3 Å². The van der Waals surface area contributed by atoms with Crippen LogP contribution in [0, 0.1) is 5.82 Å². The summed E-state index contributed by atoms with van der Waals surface area (Å²) in [5, 5.41) is 11.5. The van der Waals surface area contributed by atoms with Crippen LogP contribution in [0.1, 0.15) is 18.1 Å². The molecule has 1 nitrogen and oxygen atoms in total. The minimum atomic E-state index is -0.234. The minimum absolute atomic E-state index is 0.0932. The highest BCUT2D eigenvalue weighted by molar-refractivity contribution is 7.17. The first-order chi connectivity index (χ1) is 6.77. The van der Waals surface area contributed by atoms with E-state index in [1.807, 2.05) is 18.4 Å². The lowest BCUT2D eigenvalue weighted by atomic mass is 10.1. The molecule has 0 saturated carbocycles. The van der Waals surface area contributed by atoms with E-state index in [0.717, 1.165) is 16.7 Å². The third-order valence-electron chi connectivity index (χ3n) is 2.38. The van der Waals surface area contributed by atoms with Crippen molar-refractivity contribution in [2.45, 2.75) is 20.0 Å². The Labute approximate surface area is 85.8 Å². The lowest BCUT2D eigenvalue weighted by molar-refractivity contribution is 0.283. The van der Waals surface area contributed by atoms with Crippen molar-refractivity contribution in [3.05, 3.63) is 34.5 Å². The number of hydrogen-bond donors (Lipinski definition) is 1. The molecule has 2 rings (SSSR count). The van der Waals surface area contributed by atoms with Crippen LogP contribution in [0.15, 0.2) is 17.5 Å². The van der Waals surface area contributed by atoms with Crippen LogP contribution in [0.4, 0.5) is 4.39 Å². The molecule has 0 radical (unpaired) electrons. The van der Waals surface area contributed by atoms with E-state index in [-0.39, 0.29) is 12.4 Å². The van der Waals surface area contributed by atoms with Gasteiger partial charge in [-0.15, -0.1) is 11.3 Å². The smallest absolute Gasteiger partial charge is 0.132 e. The Kier molecular flexibility index (Phi) is 2.52. The summed E-state index contributed by atoms with van der Waals surface area (Å²) in [5.41, 5.74) is 1.84. The van der Waals surface area contributed by atoms with E-state index < -0.39 is 0 Å². The highest BCUT2D eigenvalue weighted by atomic mass is 32.1. The summed E-state index contributed by atoms with van der Waals surface area (Å²) in [6.45, 7) is 1.95. The molecular formula is C11H11FOS. The van der Waals surface area contributed by atoms with Gasteiger partial charge in [0.1, 0.15) is 5.82 Å². The molecule has 0 aliphatic heterocycles. The fraction of sp³-hybridized carbons (Fsp3) is 0.273. The maximum Gasteiger partial charge on any atom is 0.132 e. The van der Waals surface area contributed by atoms with E-state index in [1.165, 1.54) is 17.4 Å². The quantitative estimate of drug-likeness (QED) is 0.807. The van der Waals surface area contributed by atoms with Crippen LogP contribution in [0.3, 0.4) is 0 Å². The first kappa shape index (κ1) is 9.62. The van der Waals surface area contributed by atoms with Crippen LogP contribution in [-0.4, -0.2) is 5.11 Å². The Balaban J connectivity index is 2.80. The van der Waals surface area contributed by atoms with Gasteiger partial charge in [-0.25, -0.2) is 4.39 Å². The maximum atomic E-state index is 13.5. The predicted molar refractivity (Wildman–Crippen MR) is 57.1 cm³/mol. The van der Waals surface area contributed by atoms with Crippen LogP contribution < -0.4 is 0 Å². The third kappa shape index (κ3) is 1.33. The molecule has 0 aliphatic rings. The highest BCUT2D eigenvalue weighted by Crippen LogP contribution is 2.31. The van der Waals surface area contributed by atoms with Crippen molar-refractivity contribution in [1.29, 1.82) is 0 Å². The van der Waals surface area contributed by atoms with E-state index in [2.05, 4.69) is 0 Å². The monoisotopic (exact) mass is 210 g/mol. The molecule has 0 saturated heterocycles. The second-order valence-electron chi connectivity index (χ2n) is 3.18. The number of aryl methyl sites for hydroxylation is 1. The summed E-state index contributed by atoms with van der Waals surface area (Å²) < 4.78 is 14.4. The standard InChI is InChI=1S/C11H11FOS/c1-2-7-3-4-9(12)10-8(5-13)6-14-11(7)10/h3-4,6,13H,2,5H2,1H3. The molecule has 0 unspecified atom stereocenters. The van der Waals surface area contributed by atoms with Crippen LogP contribution in [0.5, 0.6) is 0 Å². The van der Waals surface area contributed by atoms with Gasteiger partial charge in [0, 0.05) is 10.1 Å². The molecule has 1 heterocycles. The molecule has 0 bridgehead atoms. The predicted octanol–water partition coefficient (Wildman–Crippen LogP) is 3.10. The first-order valence-electron chi connectivity index (χ1n) is 4.56.